The number of aromatic nitrogens is 3. The normalized spacial score (nSPS) is 19.8. The molecule has 1 saturated heterocycles. The Hall–Kier alpha value is -3.01. The van der Waals surface area contributed by atoms with Crippen LogP contribution >= 0.6 is 0 Å². The van der Waals surface area contributed by atoms with Crippen molar-refractivity contribution in [3.05, 3.63) is 23.7 Å². The summed E-state index contributed by atoms with van der Waals surface area (Å²) in [6, 6.07) is -0.672. The SMILES string of the molecule is O=C(N[C@@H](C(=O)NCC(=O)N1CCOCC1)C1CC1)c1c[nH]c2ncc(C3CC3)nc12. The highest BCUT2D eigenvalue weighted by Gasteiger charge is 2.38. The molecule has 0 unspecified atom stereocenters. The number of H-pyrrole nitrogens is 1. The van der Waals surface area contributed by atoms with Crippen LogP contribution in [0.2, 0.25) is 0 Å². The highest BCUT2D eigenvalue weighted by molar-refractivity contribution is 6.06. The van der Waals surface area contributed by atoms with Crippen molar-refractivity contribution in [1.82, 2.24) is 30.5 Å². The van der Waals surface area contributed by atoms with E-state index in [1.54, 1.807) is 17.3 Å². The van der Waals surface area contributed by atoms with Crippen molar-refractivity contribution < 1.29 is 19.1 Å². The Kier molecular flexibility index (Phi) is 5.31. The van der Waals surface area contributed by atoms with E-state index in [0.717, 1.165) is 31.4 Å². The third-order valence-corrected chi connectivity index (χ3v) is 6.08. The van der Waals surface area contributed by atoms with Gasteiger partial charge in [0.05, 0.1) is 37.2 Å². The van der Waals surface area contributed by atoms with Crippen molar-refractivity contribution in [2.75, 3.05) is 32.8 Å². The zero-order chi connectivity index (χ0) is 21.4. The van der Waals surface area contributed by atoms with Gasteiger partial charge >= 0.3 is 0 Å². The average molecular weight is 426 g/mol. The van der Waals surface area contributed by atoms with E-state index in [1.165, 1.54) is 0 Å². The van der Waals surface area contributed by atoms with Gasteiger partial charge in [0.25, 0.3) is 5.91 Å². The minimum atomic E-state index is -0.672. The summed E-state index contributed by atoms with van der Waals surface area (Å²) >= 11 is 0. The van der Waals surface area contributed by atoms with Crippen LogP contribution in [0.3, 0.4) is 0 Å². The van der Waals surface area contributed by atoms with Crippen molar-refractivity contribution in [2.24, 2.45) is 5.92 Å². The van der Waals surface area contributed by atoms with Crippen molar-refractivity contribution >= 4 is 28.9 Å². The topological polar surface area (TPSA) is 129 Å². The van der Waals surface area contributed by atoms with Crippen LogP contribution in [0.15, 0.2) is 12.4 Å². The lowest BCUT2D eigenvalue weighted by Gasteiger charge is -2.27. The van der Waals surface area contributed by atoms with E-state index in [4.69, 9.17) is 4.74 Å². The lowest BCUT2D eigenvalue weighted by molar-refractivity contribution is -0.136. The van der Waals surface area contributed by atoms with E-state index in [9.17, 15) is 14.4 Å². The van der Waals surface area contributed by atoms with Gasteiger partial charge in [0.2, 0.25) is 11.8 Å². The van der Waals surface area contributed by atoms with Crippen molar-refractivity contribution in [3.63, 3.8) is 0 Å². The van der Waals surface area contributed by atoms with Crippen molar-refractivity contribution in [1.29, 1.82) is 0 Å². The smallest absolute Gasteiger partial charge is 0.255 e. The number of rotatable bonds is 7. The summed E-state index contributed by atoms with van der Waals surface area (Å²) < 4.78 is 5.25. The van der Waals surface area contributed by atoms with E-state index in [-0.39, 0.29) is 30.2 Å². The summed E-state index contributed by atoms with van der Waals surface area (Å²) in [7, 11) is 0. The number of carbonyl (C=O) groups is 3. The summed E-state index contributed by atoms with van der Waals surface area (Å²) in [4.78, 5) is 51.7. The molecule has 0 spiro atoms. The van der Waals surface area contributed by atoms with E-state index in [2.05, 4.69) is 25.6 Å². The molecule has 2 aliphatic carbocycles. The lowest BCUT2D eigenvalue weighted by Crippen LogP contribution is -2.51. The molecule has 10 nitrogen and oxygen atoms in total. The molecular formula is C21H26N6O4. The van der Waals surface area contributed by atoms with Gasteiger partial charge in [0.15, 0.2) is 5.65 Å². The molecule has 3 aliphatic rings. The Labute approximate surface area is 179 Å². The van der Waals surface area contributed by atoms with Gasteiger partial charge in [-0.2, -0.15) is 0 Å². The van der Waals surface area contributed by atoms with Crippen LogP contribution in [-0.2, 0) is 14.3 Å². The first-order chi connectivity index (χ1) is 15.1. The molecule has 31 heavy (non-hydrogen) atoms. The summed E-state index contributed by atoms with van der Waals surface area (Å²) in [5.41, 5.74) is 2.37. The second-order valence-corrected chi connectivity index (χ2v) is 8.47. The number of carbonyl (C=O) groups excluding carboxylic acids is 3. The molecular weight excluding hydrogens is 400 g/mol. The third kappa shape index (κ3) is 4.39. The van der Waals surface area contributed by atoms with Gasteiger partial charge in [0, 0.05) is 25.2 Å². The van der Waals surface area contributed by atoms with Crippen LogP contribution in [0.4, 0.5) is 0 Å². The minimum absolute atomic E-state index is 0.0821. The molecule has 0 aromatic carbocycles. The zero-order valence-corrected chi connectivity index (χ0v) is 17.2. The molecule has 3 amide bonds. The molecule has 5 rings (SSSR count). The number of fused-ring (bicyclic) bond motifs is 1. The van der Waals surface area contributed by atoms with Gasteiger partial charge in [-0.3, -0.25) is 14.4 Å². The Balaban J connectivity index is 1.24. The van der Waals surface area contributed by atoms with Crippen LogP contribution in [0, 0.1) is 5.92 Å². The monoisotopic (exact) mass is 426 g/mol. The predicted molar refractivity (Wildman–Crippen MR) is 110 cm³/mol. The van der Waals surface area contributed by atoms with Gasteiger partial charge in [-0.15, -0.1) is 0 Å². The van der Waals surface area contributed by atoms with Crippen LogP contribution in [0.25, 0.3) is 11.2 Å². The first-order valence-electron chi connectivity index (χ1n) is 10.9. The number of morpholine rings is 1. The first-order valence-corrected chi connectivity index (χ1v) is 10.9. The summed E-state index contributed by atoms with van der Waals surface area (Å²) in [6.45, 7) is 2.00. The molecule has 2 saturated carbocycles. The highest BCUT2D eigenvalue weighted by atomic mass is 16.5. The molecule has 2 aromatic heterocycles. The molecule has 0 bridgehead atoms. The molecule has 10 heteroatoms. The second kappa shape index (κ2) is 8.26. The van der Waals surface area contributed by atoms with Crippen molar-refractivity contribution in [3.8, 4) is 0 Å². The molecule has 2 aromatic rings. The fourth-order valence-corrected chi connectivity index (χ4v) is 3.90. The van der Waals surface area contributed by atoms with Gasteiger partial charge in [-0.25, -0.2) is 9.97 Å². The largest absolute Gasteiger partial charge is 0.378 e. The molecule has 1 aliphatic heterocycles. The predicted octanol–water partition coefficient (Wildman–Crippen LogP) is 0.319. The Bertz CT molecular complexity index is 1010. The number of hydrogen-bond acceptors (Lipinski definition) is 6. The Morgan fingerprint density at radius 1 is 1.19 bits per heavy atom. The summed E-state index contributed by atoms with van der Waals surface area (Å²) in [6.07, 6.45) is 7.27. The van der Waals surface area contributed by atoms with Crippen LogP contribution in [0.5, 0.6) is 0 Å². The quantitative estimate of drug-likeness (QED) is 0.585. The number of nitrogens with one attached hydrogen (secondary N) is 3. The van der Waals surface area contributed by atoms with Crippen LogP contribution < -0.4 is 10.6 Å². The van der Waals surface area contributed by atoms with Gasteiger partial charge in [0.1, 0.15) is 11.6 Å². The molecule has 3 fully saturated rings. The summed E-state index contributed by atoms with van der Waals surface area (Å²) in [5, 5.41) is 5.56. The Morgan fingerprint density at radius 3 is 2.68 bits per heavy atom. The van der Waals surface area contributed by atoms with E-state index in [0.29, 0.717) is 48.9 Å². The maximum atomic E-state index is 13.0. The maximum absolute atomic E-state index is 13.0. The minimum Gasteiger partial charge on any atom is -0.378 e. The molecule has 1 atom stereocenters. The van der Waals surface area contributed by atoms with Crippen LogP contribution in [-0.4, -0.2) is 76.5 Å². The molecule has 164 valence electrons. The number of nitrogens with zero attached hydrogens (tertiary/aromatic N) is 3. The Morgan fingerprint density at radius 2 is 1.97 bits per heavy atom. The first kappa shape index (κ1) is 19.9. The average Bonchev–Trinajstić information content (AvgIpc) is 3.72. The highest BCUT2D eigenvalue weighted by Crippen LogP contribution is 2.39. The number of hydrogen-bond donors (Lipinski definition) is 3. The fourth-order valence-electron chi connectivity index (χ4n) is 3.90. The fraction of sp³-hybridized carbons (Fsp3) is 0.571. The van der Waals surface area contributed by atoms with E-state index < -0.39 is 6.04 Å². The van der Waals surface area contributed by atoms with Gasteiger partial charge < -0.3 is 25.3 Å². The summed E-state index contributed by atoms with van der Waals surface area (Å²) in [5.74, 6) is -0.323. The number of ether oxygens (including phenoxy) is 1. The van der Waals surface area contributed by atoms with E-state index in [1.807, 2.05) is 0 Å². The van der Waals surface area contributed by atoms with Gasteiger partial charge in [-0.05, 0) is 31.6 Å². The second-order valence-electron chi connectivity index (χ2n) is 8.47. The molecule has 0 radical (unpaired) electrons. The maximum Gasteiger partial charge on any atom is 0.255 e. The van der Waals surface area contributed by atoms with Gasteiger partial charge in [-0.1, -0.05) is 0 Å². The zero-order valence-electron chi connectivity index (χ0n) is 17.2. The van der Waals surface area contributed by atoms with Crippen LogP contribution in [0.1, 0.15) is 47.7 Å². The number of aromatic amines is 1. The van der Waals surface area contributed by atoms with E-state index >= 15 is 0 Å². The third-order valence-electron chi connectivity index (χ3n) is 6.08. The number of amides is 3. The van der Waals surface area contributed by atoms with Crippen molar-refractivity contribution in [2.45, 2.75) is 37.6 Å². The standard InChI is InChI=1S/C21H26N6O4/c28-16(27-5-7-31-8-6-27)11-24-21(30)17(13-3-4-13)26-20(29)14-9-22-19-18(14)25-15(10-23-19)12-1-2-12/h9-10,12-13,17H,1-8,11H2,(H,22,23)(H,24,30)(H,26,29)/t17-/m1/s1. The molecule has 3 heterocycles. The lowest BCUT2D eigenvalue weighted by atomic mass is 10.1. The molecule has 3 N–H and O–H groups in total.